The Morgan fingerprint density at radius 3 is 2.57 bits per heavy atom. The van der Waals surface area contributed by atoms with Crippen LogP contribution in [0, 0.1) is 13.8 Å². The van der Waals surface area contributed by atoms with Gasteiger partial charge in [-0.1, -0.05) is 18.2 Å². The lowest BCUT2D eigenvalue weighted by atomic mass is 10.1. The number of ether oxygens (including phenoxy) is 1. The number of benzene rings is 1. The summed E-state index contributed by atoms with van der Waals surface area (Å²) >= 11 is 0. The fourth-order valence-electron chi connectivity index (χ4n) is 1.26. The van der Waals surface area contributed by atoms with Gasteiger partial charge in [0, 0.05) is 6.04 Å². The van der Waals surface area contributed by atoms with Crippen LogP contribution in [0.1, 0.15) is 23.6 Å². The molecule has 0 bridgehead atoms. The Labute approximate surface area is 86.1 Å². The van der Waals surface area contributed by atoms with E-state index in [1.165, 1.54) is 16.7 Å². The summed E-state index contributed by atoms with van der Waals surface area (Å²) in [6, 6.07) is 6.50. The topological polar surface area (TPSA) is 35.2 Å². The van der Waals surface area contributed by atoms with E-state index in [1.54, 1.807) is 0 Å². The van der Waals surface area contributed by atoms with Crippen LogP contribution >= 0.6 is 0 Å². The Kier molecular flexibility index (Phi) is 4.11. The van der Waals surface area contributed by atoms with Gasteiger partial charge < -0.3 is 10.5 Å². The van der Waals surface area contributed by atoms with Gasteiger partial charge in [0.05, 0.1) is 13.2 Å². The minimum absolute atomic E-state index is 0.113. The van der Waals surface area contributed by atoms with Crippen LogP contribution in [0.4, 0.5) is 0 Å². The second-order valence-electron chi connectivity index (χ2n) is 3.91. The molecule has 1 aromatic carbocycles. The highest BCUT2D eigenvalue weighted by molar-refractivity contribution is 5.29. The predicted octanol–water partition coefficient (Wildman–Crippen LogP) is 2.17. The maximum Gasteiger partial charge on any atom is 0.0717 e. The molecule has 0 aromatic heterocycles. The molecule has 1 aromatic rings. The lowest BCUT2D eigenvalue weighted by molar-refractivity contribution is 0.111. The molecule has 2 heteroatoms. The maximum atomic E-state index is 5.59. The molecule has 0 saturated heterocycles. The van der Waals surface area contributed by atoms with Gasteiger partial charge in [-0.15, -0.1) is 0 Å². The van der Waals surface area contributed by atoms with E-state index in [1.807, 2.05) is 6.92 Å². The molecule has 0 heterocycles. The van der Waals surface area contributed by atoms with E-state index >= 15 is 0 Å². The van der Waals surface area contributed by atoms with E-state index in [0.29, 0.717) is 13.2 Å². The number of hydrogen-bond donors (Lipinski definition) is 1. The van der Waals surface area contributed by atoms with Gasteiger partial charge in [-0.05, 0) is 37.5 Å². The van der Waals surface area contributed by atoms with Crippen LogP contribution in [-0.4, -0.2) is 12.6 Å². The average molecular weight is 193 g/mol. The number of hydrogen-bond acceptors (Lipinski definition) is 2. The number of rotatable bonds is 4. The molecule has 0 saturated carbocycles. The molecule has 1 rings (SSSR count). The first kappa shape index (κ1) is 11.2. The van der Waals surface area contributed by atoms with E-state index in [4.69, 9.17) is 10.5 Å². The Bertz CT molecular complexity index is 294. The van der Waals surface area contributed by atoms with Crippen molar-refractivity contribution < 1.29 is 4.74 Å². The molecule has 78 valence electrons. The van der Waals surface area contributed by atoms with E-state index in [2.05, 4.69) is 32.0 Å². The van der Waals surface area contributed by atoms with Crippen molar-refractivity contribution >= 4 is 0 Å². The monoisotopic (exact) mass is 193 g/mol. The summed E-state index contributed by atoms with van der Waals surface area (Å²) < 4.78 is 5.45. The molecule has 0 spiro atoms. The zero-order chi connectivity index (χ0) is 10.6. The summed E-state index contributed by atoms with van der Waals surface area (Å²) in [5, 5.41) is 0. The molecule has 0 aliphatic rings. The Hall–Kier alpha value is -0.860. The highest BCUT2D eigenvalue weighted by atomic mass is 16.5. The lowest BCUT2D eigenvalue weighted by Gasteiger charge is -2.08. The Morgan fingerprint density at radius 1 is 1.29 bits per heavy atom. The standard InChI is InChI=1S/C12H19NO/c1-9-4-5-12(6-10(9)2)8-14-7-11(3)13/h4-6,11H,7-8,13H2,1-3H3. The van der Waals surface area contributed by atoms with Gasteiger partial charge >= 0.3 is 0 Å². The second kappa shape index (κ2) is 5.13. The Balaban J connectivity index is 2.47. The van der Waals surface area contributed by atoms with Crippen molar-refractivity contribution in [3.8, 4) is 0 Å². The predicted molar refractivity (Wildman–Crippen MR) is 59.2 cm³/mol. The molecule has 2 N–H and O–H groups in total. The zero-order valence-corrected chi connectivity index (χ0v) is 9.21. The highest BCUT2D eigenvalue weighted by Crippen LogP contribution is 2.10. The molecule has 1 unspecified atom stereocenters. The molecule has 14 heavy (non-hydrogen) atoms. The molecular weight excluding hydrogens is 174 g/mol. The van der Waals surface area contributed by atoms with E-state index in [-0.39, 0.29) is 6.04 Å². The quantitative estimate of drug-likeness (QED) is 0.795. The molecule has 0 aliphatic heterocycles. The first-order valence-corrected chi connectivity index (χ1v) is 4.99. The smallest absolute Gasteiger partial charge is 0.0717 e. The first-order valence-electron chi connectivity index (χ1n) is 4.99. The zero-order valence-electron chi connectivity index (χ0n) is 9.21. The summed E-state index contributed by atoms with van der Waals surface area (Å²) in [7, 11) is 0. The van der Waals surface area contributed by atoms with Crippen LogP contribution in [0.3, 0.4) is 0 Å². The van der Waals surface area contributed by atoms with Crippen LogP contribution in [-0.2, 0) is 11.3 Å². The van der Waals surface area contributed by atoms with Crippen LogP contribution in [0.5, 0.6) is 0 Å². The minimum atomic E-state index is 0.113. The average Bonchev–Trinajstić information content (AvgIpc) is 2.10. The summed E-state index contributed by atoms with van der Waals surface area (Å²) in [6.07, 6.45) is 0. The van der Waals surface area contributed by atoms with Gasteiger partial charge in [-0.25, -0.2) is 0 Å². The van der Waals surface area contributed by atoms with Gasteiger partial charge in [-0.2, -0.15) is 0 Å². The first-order chi connectivity index (χ1) is 6.59. The minimum Gasteiger partial charge on any atom is -0.375 e. The van der Waals surface area contributed by atoms with Crippen molar-refractivity contribution in [2.24, 2.45) is 5.73 Å². The third kappa shape index (κ3) is 3.48. The molecule has 0 fully saturated rings. The summed E-state index contributed by atoms with van der Waals surface area (Å²) in [4.78, 5) is 0. The summed E-state index contributed by atoms with van der Waals surface area (Å²) in [5.41, 5.74) is 9.43. The van der Waals surface area contributed by atoms with Gasteiger partial charge in [0.25, 0.3) is 0 Å². The van der Waals surface area contributed by atoms with Gasteiger partial charge in [-0.3, -0.25) is 0 Å². The van der Waals surface area contributed by atoms with Crippen molar-refractivity contribution in [2.45, 2.75) is 33.4 Å². The number of aryl methyl sites for hydroxylation is 2. The van der Waals surface area contributed by atoms with Crippen LogP contribution in [0.2, 0.25) is 0 Å². The molecule has 0 amide bonds. The summed E-state index contributed by atoms with van der Waals surface area (Å²) in [5.74, 6) is 0. The fourth-order valence-corrected chi connectivity index (χ4v) is 1.26. The summed E-state index contributed by atoms with van der Waals surface area (Å²) in [6.45, 7) is 7.45. The maximum absolute atomic E-state index is 5.59. The fraction of sp³-hybridized carbons (Fsp3) is 0.500. The van der Waals surface area contributed by atoms with Crippen molar-refractivity contribution in [3.05, 3.63) is 34.9 Å². The second-order valence-corrected chi connectivity index (χ2v) is 3.91. The normalized spacial score (nSPS) is 12.9. The van der Waals surface area contributed by atoms with Crippen molar-refractivity contribution in [1.82, 2.24) is 0 Å². The van der Waals surface area contributed by atoms with Gasteiger partial charge in [0.2, 0.25) is 0 Å². The molecular formula is C12H19NO. The third-order valence-electron chi connectivity index (χ3n) is 2.22. The van der Waals surface area contributed by atoms with Crippen LogP contribution in [0.15, 0.2) is 18.2 Å². The van der Waals surface area contributed by atoms with E-state index in [0.717, 1.165) is 0 Å². The SMILES string of the molecule is Cc1ccc(COCC(C)N)cc1C. The number of nitrogens with two attached hydrogens (primary N) is 1. The van der Waals surface area contributed by atoms with Crippen molar-refractivity contribution in [2.75, 3.05) is 6.61 Å². The third-order valence-corrected chi connectivity index (χ3v) is 2.22. The molecule has 0 aliphatic carbocycles. The van der Waals surface area contributed by atoms with E-state index in [9.17, 15) is 0 Å². The molecule has 1 atom stereocenters. The molecule has 2 nitrogen and oxygen atoms in total. The van der Waals surface area contributed by atoms with E-state index < -0.39 is 0 Å². The highest BCUT2D eigenvalue weighted by Gasteiger charge is 1.98. The largest absolute Gasteiger partial charge is 0.375 e. The van der Waals surface area contributed by atoms with Crippen molar-refractivity contribution in [1.29, 1.82) is 0 Å². The lowest BCUT2D eigenvalue weighted by Crippen LogP contribution is -2.21. The molecule has 0 radical (unpaired) electrons. The van der Waals surface area contributed by atoms with Crippen LogP contribution < -0.4 is 5.73 Å². The Morgan fingerprint density at radius 2 is 2.00 bits per heavy atom. The van der Waals surface area contributed by atoms with Gasteiger partial charge in [0.15, 0.2) is 0 Å². The van der Waals surface area contributed by atoms with Crippen LogP contribution in [0.25, 0.3) is 0 Å². The van der Waals surface area contributed by atoms with Gasteiger partial charge in [0.1, 0.15) is 0 Å². The van der Waals surface area contributed by atoms with Crippen molar-refractivity contribution in [3.63, 3.8) is 0 Å².